The smallest absolute Gasteiger partial charge is 0.271 e. The maximum atomic E-state index is 12.4. The first-order valence-electron chi connectivity index (χ1n) is 6.23. The van der Waals surface area contributed by atoms with Crippen LogP contribution in [0.15, 0.2) is 22.7 Å². The van der Waals surface area contributed by atoms with Gasteiger partial charge in [0.2, 0.25) is 0 Å². The van der Waals surface area contributed by atoms with Gasteiger partial charge in [0.05, 0.1) is 4.92 Å². The molecule has 0 aliphatic carbocycles. The molecule has 0 aliphatic heterocycles. The van der Waals surface area contributed by atoms with Gasteiger partial charge in [-0.15, -0.1) is 0 Å². The second kappa shape index (κ2) is 7.35. The van der Waals surface area contributed by atoms with E-state index < -0.39 is 4.92 Å². The molecule has 6 nitrogen and oxygen atoms in total. The molecule has 0 saturated heterocycles. The van der Waals surface area contributed by atoms with Crippen molar-refractivity contribution in [3.8, 4) is 0 Å². The zero-order valence-corrected chi connectivity index (χ0v) is 13.0. The molecule has 1 amide bonds. The van der Waals surface area contributed by atoms with Gasteiger partial charge in [-0.1, -0.05) is 15.9 Å². The summed E-state index contributed by atoms with van der Waals surface area (Å²) < 4.78 is 0.487. The first kappa shape index (κ1) is 16.6. The summed E-state index contributed by atoms with van der Waals surface area (Å²) in [5.41, 5.74) is 0.131. The Morgan fingerprint density at radius 3 is 2.60 bits per heavy atom. The molecule has 0 heterocycles. The van der Waals surface area contributed by atoms with E-state index in [1.807, 2.05) is 13.8 Å². The van der Waals surface area contributed by atoms with Crippen molar-refractivity contribution in [1.82, 2.24) is 4.90 Å². The van der Waals surface area contributed by atoms with Crippen molar-refractivity contribution in [1.29, 1.82) is 0 Å². The minimum absolute atomic E-state index is 0.00483. The molecular weight excluding hydrogens is 328 g/mol. The van der Waals surface area contributed by atoms with E-state index in [4.69, 9.17) is 5.11 Å². The van der Waals surface area contributed by atoms with E-state index >= 15 is 0 Å². The molecule has 1 rings (SSSR count). The van der Waals surface area contributed by atoms with Crippen molar-refractivity contribution in [2.24, 2.45) is 0 Å². The average molecular weight is 345 g/mol. The number of non-ortho nitro benzene ring substituents is 1. The van der Waals surface area contributed by atoms with E-state index in [0.717, 1.165) is 0 Å². The molecule has 1 aromatic rings. The zero-order valence-electron chi connectivity index (χ0n) is 11.4. The standard InChI is InChI=1S/C13H17BrN2O4/c1-9(2)15(4-3-5-17)13(18)10-6-11(14)8-12(7-10)16(19)20/h6-9,17H,3-5H2,1-2H3. The molecule has 20 heavy (non-hydrogen) atoms. The fourth-order valence-electron chi connectivity index (χ4n) is 1.80. The predicted molar refractivity (Wildman–Crippen MR) is 78.7 cm³/mol. The van der Waals surface area contributed by atoms with Crippen LogP contribution >= 0.6 is 15.9 Å². The van der Waals surface area contributed by atoms with E-state index in [2.05, 4.69) is 15.9 Å². The van der Waals surface area contributed by atoms with Crippen LogP contribution in [0.1, 0.15) is 30.6 Å². The monoisotopic (exact) mass is 344 g/mol. The van der Waals surface area contributed by atoms with Gasteiger partial charge in [-0.05, 0) is 26.3 Å². The number of aliphatic hydroxyl groups is 1. The van der Waals surface area contributed by atoms with Crippen molar-refractivity contribution >= 4 is 27.5 Å². The van der Waals surface area contributed by atoms with Gasteiger partial charge < -0.3 is 10.0 Å². The van der Waals surface area contributed by atoms with Gasteiger partial charge >= 0.3 is 0 Å². The summed E-state index contributed by atoms with van der Waals surface area (Å²) in [6.45, 7) is 4.13. The summed E-state index contributed by atoms with van der Waals surface area (Å²) >= 11 is 3.17. The maximum absolute atomic E-state index is 12.4. The lowest BCUT2D eigenvalue weighted by atomic mass is 10.1. The van der Waals surface area contributed by atoms with Gasteiger partial charge in [-0.25, -0.2) is 0 Å². The first-order chi connectivity index (χ1) is 9.36. The lowest BCUT2D eigenvalue weighted by Crippen LogP contribution is -2.38. The Balaban J connectivity index is 3.08. The number of aliphatic hydroxyl groups excluding tert-OH is 1. The van der Waals surface area contributed by atoms with Crippen LogP contribution in [0.4, 0.5) is 5.69 Å². The highest BCUT2D eigenvalue weighted by Crippen LogP contribution is 2.23. The van der Waals surface area contributed by atoms with Crippen LogP contribution in [-0.4, -0.2) is 40.0 Å². The summed E-state index contributed by atoms with van der Waals surface area (Å²) in [6, 6.07) is 4.13. The molecule has 0 radical (unpaired) electrons. The molecule has 0 bridgehead atoms. The lowest BCUT2D eigenvalue weighted by molar-refractivity contribution is -0.385. The van der Waals surface area contributed by atoms with Gasteiger partial charge in [0.25, 0.3) is 11.6 Å². The second-order valence-corrected chi connectivity index (χ2v) is 5.54. The van der Waals surface area contributed by atoms with Gasteiger partial charge in [0, 0.05) is 41.4 Å². The summed E-state index contributed by atoms with van der Waals surface area (Å²) in [6.07, 6.45) is 0.472. The van der Waals surface area contributed by atoms with Gasteiger partial charge in [0.1, 0.15) is 0 Å². The second-order valence-electron chi connectivity index (χ2n) is 4.62. The summed E-state index contributed by atoms with van der Waals surface area (Å²) in [5.74, 6) is -0.280. The van der Waals surface area contributed by atoms with Crippen LogP contribution in [-0.2, 0) is 0 Å². The van der Waals surface area contributed by atoms with E-state index in [9.17, 15) is 14.9 Å². The average Bonchev–Trinajstić information content (AvgIpc) is 2.37. The fourth-order valence-corrected chi connectivity index (χ4v) is 2.29. The molecule has 0 unspecified atom stereocenters. The molecular formula is C13H17BrN2O4. The first-order valence-corrected chi connectivity index (χ1v) is 7.03. The fraction of sp³-hybridized carbons (Fsp3) is 0.462. The number of carbonyl (C=O) groups excluding carboxylic acids is 1. The molecule has 1 aromatic carbocycles. The van der Waals surface area contributed by atoms with Crippen molar-refractivity contribution in [3.63, 3.8) is 0 Å². The Labute approximate surface area is 125 Å². The third kappa shape index (κ3) is 4.28. The molecule has 0 spiro atoms. The van der Waals surface area contributed by atoms with Crippen molar-refractivity contribution in [2.75, 3.05) is 13.2 Å². The van der Waals surface area contributed by atoms with E-state index in [0.29, 0.717) is 17.4 Å². The minimum Gasteiger partial charge on any atom is -0.396 e. The van der Waals surface area contributed by atoms with Crippen LogP contribution < -0.4 is 0 Å². The number of carbonyl (C=O) groups is 1. The van der Waals surface area contributed by atoms with E-state index in [-0.39, 0.29) is 29.8 Å². The minimum atomic E-state index is -0.533. The highest BCUT2D eigenvalue weighted by atomic mass is 79.9. The molecule has 0 atom stereocenters. The van der Waals surface area contributed by atoms with Gasteiger partial charge in [-0.2, -0.15) is 0 Å². The van der Waals surface area contributed by atoms with Crippen LogP contribution in [0, 0.1) is 10.1 Å². The van der Waals surface area contributed by atoms with Crippen LogP contribution in [0.3, 0.4) is 0 Å². The van der Waals surface area contributed by atoms with E-state index in [1.54, 1.807) is 11.0 Å². The van der Waals surface area contributed by atoms with Crippen LogP contribution in [0.2, 0.25) is 0 Å². The number of nitro benzene ring substituents is 1. The summed E-state index contributed by atoms with van der Waals surface area (Å²) in [4.78, 5) is 24.3. The number of benzene rings is 1. The Morgan fingerprint density at radius 1 is 1.45 bits per heavy atom. The third-order valence-corrected chi connectivity index (χ3v) is 3.24. The largest absolute Gasteiger partial charge is 0.396 e. The van der Waals surface area contributed by atoms with Crippen molar-refractivity contribution in [3.05, 3.63) is 38.3 Å². The number of hydrogen-bond acceptors (Lipinski definition) is 4. The quantitative estimate of drug-likeness (QED) is 0.634. The van der Waals surface area contributed by atoms with Gasteiger partial charge in [-0.3, -0.25) is 14.9 Å². The van der Waals surface area contributed by atoms with Gasteiger partial charge in [0.15, 0.2) is 0 Å². The lowest BCUT2D eigenvalue weighted by Gasteiger charge is -2.26. The highest BCUT2D eigenvalue weighted by molar-refractivity contribution is 9.10. The molecule has 0 aromatic heterocycles. The normalized spacial score (nSPS) is 10.7. The van der Waals surface area contributed by atoms with Crippen LogP contribution in [0.5, 0.6) is 0 Å². The summed E-state index contributed by atoms with van der Waals surface area (Å²) in [5, 5.41) is 19.7. The maximum Gasteiger partial charge on any atom is 0.271 e. The molecule has 7 heteroatoms. The number of hydrogen-bond donors (Lipinski definition) is 1. The predicted octanol–water partition coefficient (Wildman–Crippen LogP) is 2.59. The number of halogens is 1. The summed E-state index contributed by atoms with van der Waals surface area (Å²) in [7, 11) is 0. The van der Waals surface area contributed by atoms with Crippen molar-refractivity contribution in [2.45, 2.75) is 26.3 Å². The van der Waals surface area contributed by atoms with E-state index in [1.165, 1.54) is 12.1 Å². The SMILES string of the molecule is CC(C)N(CCCO)C(=O)c1cc(Br)cc([N+](=O)[O-])c1. The molecule has 0 aliphatic rings. The Bertz CT molecular complexity index is 505. The molecule has 1 N–H and O–H groups in total. The molecule has 0 saturated carbocycles. The molecule has 0 fully saturated rings. The Kier molecular flexibility index (Phi) is 6.09. The zero-order chi connectivity index (χ0) is 15.3. The Morgan fingerprint density at radius 2 is 2.10 bits per heavy atom. The number of nitrogens with zero attached hydrogens (tertiary/aromatic N) is 2. The highest BCUT2D eigenvalue weighted by Gasteiger charge is 2.21. The van der Waals surface area contributed by atoms with Crippen molar-refractivity contribution < 1.29 is 14.8 Å². The molecule has 110 valence electrons. The topological polar surface area (TPSA) is 83.7 Å². The van der Waals surface area contributed by atoms with Crippen LogP contribution in [0.25, 0.3) is 0 Å². The Hall–Kier alpha value is -1.47. The number of amides is 1. The number of nitro groups is 1. The third-order valence-electron chi connectivity index (χ3n) is 2.78. The number of rotatable bonds is 6.